The minimum absolute atomic E-state index is 0. The Labute approximate surface area is 334 Å². The molecule has 2 aliphatic rings. The van der Waals surface area contributed by atoms with E-state index in [4.69, 9.17) is 53.9 Å². The van der Waals surface area contributed by atoms with Crippen molar-refractivity contribution in [3.8, 4) is 0 Å². The number of carbonyl (C=O) groups is 3. The number of aliphatic hydroxyl groups excluding tert-OH is 8. The summed E-state index contributed by atoms with van der Waals surface area (Å²) in [4.78, 5) is 54.6. The van der Waals surface area contributed by atoms with Crippen molar-refractivity contribution in [3.05, 3.63) is 0 Å². The van der Waals surface area contributed by atoms with Gasteiger partial charge in [-0.25, -0.2) is 4.79 Å². The number of carboxylic acid groups (broad SMARTS) is 3. The van der Waals surface area contributed by atoms with Gasteiger partial charge in [0.1, 0.15) is 48.8 Å². The number of ether oxygens (including phenoxy) is 3. The summed E-state index contributed by atoms with van der Waals surface area (Å²) in [6.07, 6.45) is -18.0. The predicted octanol–water partition coefficient (Wildman–Crippen LogP) is -19.2. The first-order chi connectivity index (χ1) is 18.6. The molecule has 0 bridgehead atoms. The molecule has 22 nitrogen and oxygen atoms in total. The smallest absolute Gasteiger partial charge is 1.00 e. The maximum Gasteiger partial charge on any atom is 2.00 e. The molecule has 27 heteroatoms. The van der Waals surface area contributed by atoms with E-state index < -0.39 is 119 Å². The van der Waals surface area contributed by atoms with E-state index in [2.05, 4.69) is 0 Å². The second kappa shape index (κ2) is 25.4. The van der Waals surface area contributed by atoms with Crippen LogP contribution in [-0.4, -0.2) is 159 Å². The zero-order chi connectivity index (χ0) is 32.5. The fourth-order valence-electron chi connectivity index (χ4n) is 3.27. The van der Waals surface area contributed by atoms with Crippen LogP contribution < -0.4 is 108 Å². The summed E-state index contributed by atoms with van der Waals surface area (Å²) in [5, 5.41) is 112. The van der Waals surface area contributed by atoms with E-state index >= 15 is 0 Å². The molecule has 2 aliphatic heterocycles. The maximum atomic E-state index is 10.3. The van der Waals surface area contributed by atoms with Crippen molar-refractivity contribution < 1.29 is 220 Å². The summed E-state index contributed by atoms with van der Waals surface area (Å²) >= 11 is 0. The van der Waals surface area contributed by atoms with Gasteiger partial charge < -0.3 is 112 Å². The van der Waals surface area contributed by atoms with Gasteiger partial charge in [-0.3, -0.25) is 4.79 Å². The first-order valence-electron chi connectivity index (χ1n) is 11.0. The number of phosphoric acid groups is 1. The molecule has 2 unspecified atom stereocenters. The third-order valence-electron chi connectivity index (χ3n) is 5.26. The van der Waals surface area contributed by atoms with Crippen molar-refractivity contribution in [2.24, 2.45) is 0 Å². The van der Waals surface area contributed by atoms with Crippen LogP contribution in [0, 0.1) is 0 Å². The number of carboxylic acids is 3. The summed E-state index contributed by atoms with van der Waals surface area (Å²) in [5.74, 6) is -5.34. The summed E-state index contributed by atoms with van der Waals surface area (Å²) in [5.41, 5.74) is -2.80. The molecule has 2 heterocycles. The molecule has 12 N–H and O–H groups in total. The average molecular weight is 783 g/mol. The number of aliphatic hydroxyl groups is 9. The minimum atomic E-state index is -5.14. The molecule has 0 aromatic rings. The molecular formula is C18H30ClFeKNaO22P. The van der Waals surface area contributed by atoms with E-state index in [-0.39, 0.29) is 110 Å². The summed E-state index contributed by atoms with van der Waals surface area (Å²) in [7, 11) is -5.14. The quantitative estimate of drug-likeness (QED) is 0.0763. The topological polar surface area (TPSA) is 408 Å². The van der Waals surface area contributed by atoms with Gasteiger partial charge in [0.15, 0.2) is 18.2 Å². The van der Waals surface area contributed by atoms with Crippen LogP contribution in [0.15, 0.2) is 0 Å². The molecule has 2 fully saturated rings. The predicted molar refractivity (Wildman–Crippen MR) is 113 cm³/mol. The number of carbonyl (C=O) groups excluding carboxylic acids is 1. The Hall–Kier alpha value is 1.49. The van der Waals surface area contributed by atoms with Crippen LogP contribution in [0.2, 0.25) is 0 Å². The first kappa shape index (κ1) is 55.9. The molecule has 2 saturated heterocycles. The molecule has 45 heavy (non-hydrogen) atoms. The van der Waals surface area contributed by atoms with Crippen LogP contribution in [0.5, 0.6) is 0 Å². The van der Waals surface area contributed by atoms with Crippen LogP contribution in [0.1, 0.15) is 12.8 Å². The standard InChI is InChI=1S/C12H22O11.C6H8O7.ClH.Fe.K.Na.H3O4P/c13-1-3-5(15)6(16)9(19)12(22-3)23-10-4(2-14)21-11(20)8(18)7(10)17;7-3(8)1-6(13,5(11)12)2-4(9)10;;;;;1-5(2,3)4/h3-20H,1-2H2;13H,1-2H2,(H,7,8)(H,9,10)(H,11,12);1H;;;;(H3,1,2,3,4)/q;;;+2;2*+1;/p-4/t3-,4-,5+,6+,7-,8-,9-,10-,11?,12+;;;;;;/m1....../s1. The van der Waals surface area contributed by atoms with Gasteiger partial charge >= 0.3 is 110 Å². The van der Waals surface area contributed by atoms with Crippen molar-refractivity contribution in [2.45, 2.75) is 79.9 Å². The Kier molecular flexibility index (Phi) is 31.6. The summed E-state index contributed by atoms with van der Waals surface area (Å²) in [6.45, 7) is -1.35. The van der Waals surface area contributed by atoms with Gasteiger partial charge in [-0.2, -0.15) is 0 Å². The molecule has 0 aromatic carbocycles. The Morgan fingerprint density at radius 2 is 1.27 bits per heavy atom. The Bertz CT molecular complexity index is 893. The van der Waals surface area contributed by atoms with Gasteiger partial charge in [0, 0.05) is 12.4 Å². The molecular weight excluding hydrogens is 753 g/mol. The van der Waals surface area contributed by atoms with Gasteiger partial charge in [0.2, 0.25) is 0 Å². The third-order valence-corrected chi connectivity index (χ3v) is 5.26. The summed E-state index contributed by atoms with van der Waals surface area (Å²) in [6, 6.07) is 0. The van der Waals surface area contributed by atoms with E-state index in [0.717, 1.165) is 0 Å². The van der Waals surface area contributed by atoms with E-state index in [9.17, 15) is 55.2 Å². The van der Waals surface area contributed by atoms with E-state index in [1.165, 1.54) is 0 Å². The van der Waals surface area contributed by atoms with Crippen LogP contribution in [0.3, 0.4) is 0 Å². The SMILES string of the molecule is O=C([O-])CC(O)(CC(=O)O)C(=O)O.O=P([O-])([O-])O.OC[C@H]1O[C@@H](O[C@H]2[C@H](O)[C@@H](O)C(O)O[C@@H]2CO)[C@H](O)[C@@H](O)[C@H]1O.[Cl-].[Fe+2].[K+].[Na+]. The second-order valence-corrected chi connectivity index (χ2v) is 9.39. The molecule has 0 spiro atoms. The van der Waals surface area contributed by atoms with Gasteiger partial charge in [-0.15, -0.1) is 0 Å². The molecule has 0 radical (unpaired) electrons. The van der Waals surface area contributed by atoms with E-state index in [0.29, 0.717) is 0 Å². The van der Waals surface area contributed by atoms with E-state index in [1.54, 1.807) is 0 Å². The van der Waals surface area contributed by atoms with Crippen LogP contribution in [-0.2, 0) is 50.2 Å². The zero-order valence-corrected chi connectivity index (χ0v) is 31.1. The molecule has 2 rings (SSSR count). The molecule has 256 valence electrons. The van der Waals surface area contributed by atoms with Crippen LogP contribution in [0.25, 0.3) is 0 Å². The monoisotopic (exact) mass is 782 g/mol. The molecule has 11 atom stereocenters. The van der Waals surface area contributed by atoms with Crippen molar-refractivity contribution in [3.63, 3.8) is 0 Å². The summed E-state index contributed by atoms with van der Waals surface area (Å²) < 4.78 is 23.9. The third kappa shape index (κ3) is 20.1. The second-order valence-electron chi connectivity index (χ2n) is 8.45. The average Bonchev–Trinajstić information content (AvgIpc) is 2.82. The molecule has 0 amide bonds. The normalized spacial score (nSPS) is 31.9. The van der Waals surface area contributed by atoms with Gasteiger partial charge in [0.25, 0.3) is 0 Å². The van der Waals surface area contributed by atoms with Crippen molar-refractivity contribution in [1.82, 2.24) is 0 Å². The first-order valence-corrected chi connectivity index (χ1v) is 12.5. The van der Waals surface area contributed by atoms with E-state index in [1.807, 2.05) is 0 Å². The number of hydrogen-bond donors (Lipinski definition) is 12. The zero-order valence-electron chi connectivity index (χ0n) is 23.2. The van der Waals surface area contributed by atoms with Gasteiger partial charge in [-0.1, -0.05) is 0 Å². The van der Waals surface area contributed by atoms with Crippen molar-refractivity contribution in [2.75, 3.05) is 13.2 Å². The maximum absolute atomic E-state index is 10.3. The van der Waals surface area contributed by atoms with Crippen molar-refractivity contribution >= 4 is 25.7 Å². The Morgan fingerprint density at radius 3 is 1.62 bits per heavy atom. The van der Waals surface area contributed by atoms with Crippen molar-refractivity contribution in [1.29, 1.82) is 0 Å². The van der Waals surface area contributed by atoms with Gasteiger partial charge in [0.05, 0.1) is 27.5 Å². The largest absolute Gasteiger partial charge is 2.00 e. The fourth-order valence-corrected chi connectivity index (χ4v) is 3.27. The molecule has 0 saturated carbocycles. The number of rotatable bonds is 9. The van der Waals surface area contributed by atoms with Gasteiger partial charge in [-0.05, 0) is 0 Å². The van der Waals surface area contributed by atoms with Crippen LogP contribution >= 0.6 is 7.82 Å². The molecule has 0 aliphatic carbocycles. The number of aliphatic carboxylic acids is 3. The van der Waals surface area contributed by atoms with Crippen LogP contribution in [0.4, 0.5) is 0 Å². The fraction of sp³-hybridized carbons (Fsp3) is 0.833. The minimum Gasteiger partial charge on any atom is -1.00 e. The Morgan fingerprint density at radius 1 is 0.822 bits per heavy atom. The Balaban J connectivity index is -0.000000209. The molecule has 0 aromatic heterocycles. The number of hydrogen-bond acceptors (Lipinski definition) is 19. The number of halogens is 1.